The molecule has 3 N–H and O–H groups in total. The van der Waals surface area contributed by atoms with Gasteiger partial charge in [0.1, 0.15) is 11.0 Å². The fraction of sp³-hybridized carbons (Fsp3) is 0.455. The summed E-state index contributed by atoms with van der Waals surface area (Å²) < 4.78 is 24.4. The summed E-state index contributed by atoms with van der Waals surface area (Å²) >= 11 is 1.17. The Morgan fingerprint density at radius 2 is 2.20 bits per heavy atom. The number of hydrogen-bond donors (Lipinski definition) is 2. The lowest BCUT2D eigenvalue weighted by Crippen LogP contribution is -2.42. The monoisotopic (exact) mass is 317 g/mol. The molecule has 0 radical (unpaired) electrons. The molecule has 0 aliphatic carbocycles. The van der Waals surface area contributed by atoms with E-state index in [1.54, 1.807) is 5.38 Å². The predicted molar refractivity (Wildman–Crippen MR) is 76.0 cm³/mol. The molecule has 1 fully saturated rings. The van der Waals surface area contributed by atoms with E-state index in [0.717, 1.165) is 6.26 Å². The van der Waals surface area contributed by atoms with Crippen LogP contribution in [-0.2, 0) is 14.8 Å². The molecule has 1 aliphatic heterocycles. The van der Waals surface area contributed by atoms with E-state index in [1.807, 2.05) is 0 Å². The largest absolute Gasteiger partial charge is 0.366 e. The van der Waals surface area contributed by atoms with Crippen LogP contribution in [0.5, 0.6) is 0 Å². The van der Waals surface area contributed by atoms with Crippen molar-refractivity contribution in [2.45, 2.75) is 18.9 Å². The Bertz CT molecular complexity index is 638. The Morgan fingerprint density at radius 1 is 1.50 bits per heavy atom. The quantitative estimate of drug-likeness (QED) is 0.827. The van der Waals surface area contributed by atoms with Gasteiger partial charge in [-0.1, -0.05) is 0 Å². The van der Waals surface area contributed by atoms with Crippen molar-refractivity contribution in [2.75, 3.05) is 18.1 Å². The van der Waals surface area contributed by atoms with Crippen molar-refractivity contribution in [3.63, 3.8) is 0 Å². The lowest BCUT2D eigenvalue weighted by Gasteiger charge is -2.21. The summed E-state index contributed by atoms with van der Waals surface area (Å²) in [6, 6.07) is 0.791. The van der Waals surface area contributed by atoms with Gasteiger partial charge in [-0.25, -0.2) is 8.42 Å². The lowest BCUT2D eigenvalue weighted by molar-refractivity contribution is -0.119. The molecule has 7 nitrogen and oxygen atoms in total. The van der Waals surface area contributed by atoms with Crippen LogP contribution in [0, 0.1) is 0 Å². The summed E-state index contributed by atoms with van der Waals surface area (Å²) in [5.41, 5.74) is 5.42. The first-order valence-corrected chi connectivity index (χ1v) is 8.68. The molecule has 0 saturated carbocycles. The minimum Gasteiger partial charge on any atom is -0.366 e. The van der Waals surface area contributed by atoms with Gasteiger partial charge < -0.3 is 11.1 Å². The van der Waals surface area contributed by atoms with Gasteiger partial charge in [-0.05, 0) is 24.3 Å². The van der Waals surface area contributed by atoms with E-state index in [2.05, 4.69) is 5.32 Å². The number of hydrogen-bond acceptors (Lipinski definition) is 5. The normalized spacial score (nSPS) is 19.9. The maximum Gasteiger partial charge on any atom is 0.251 e. The third kappa shape index (κ3) is 3.00. The molecule has 2 rings (SSSR count). The van der Waals surface area contributed by atoms with Gasteiger partial charge in [0.2, 0.25) is 15.9 Å². The zero-order valence-electron chi connectivity index (χ0n) is 10.8. The van der Waals surface area contributed by atoms with Crippen LogP contribution in [-0.4, -0.2) is 43.4 Å². The number of sulfonamides is 1. The number of carbonyl (C=O) groups is 2. The topological polar surface area (TPSA) is 110 Å². The van der Waals surface area contributed by atoms with Gasteiger partial charge in [0.25, 0.3) is 5.91 Å². The first-order valence-electron chi connectivity index (χ1n) is 5.95. The van der Waals surface area contributed by atoms with Crippen molar-refractivity contribution >= 4 is 38.2 Å². The number of nitrogens with zero attached hydrogens (tertiary/aromatic N) is 1. The SMILES string of the molecule is CS(=O)(=O)N1CCC[C@H]1C(=O)Nc1sccc1C(N)=O. The maximum atomic E-state index is 12.2. The number of anilines is 1. The summed E-state index contributed by atoms with van der Waals surface area (Å²) in [7, 11) is -3.42. The third-order valence-corrected chi connectivity index (χ3v) is 5.22. The van der Waals surface area contributed by atoms with Crippen LogP contribution in [0.15, 0.2) is 11.4 Å². The van der Waals surface area contributed by atoms with Crippen molar-refractivity contribution in [2.24, 2.45) is 5.73 Å². The molecule has 0 bridgehead atoms. The van der Waals surface area contributed by atoms with E-state index < -0.39 is 27.9 Å². The van der Waals surface area contributed by atoms with Crippen LogP contribution in [0.3, 0.4) is 0 Å². The molecular weight excluding hydrogens is 302 g/mol. The molecule has 1 aromatic rings. The van der Waals surface area contributed by atoms with Crippen LogP contribution in [0.2, 0.25) is 0 Å². The molecule has 2 amide bonds. The van der Waals surface area contributed by atoms with E-state index in [1.165, 1.54) is 21.7 Å². The highest BCUT2D eigenvalue weighted by Gasteiger charge is 2.36. The standard InChI is InChI=1S/C11H15N3O4S2/c1-20(17,18)14-5-2-3-8(14)10(16)13-11-7(9(12)15)4-6-19-11/h4,6,8H,2-3,5H2,1H3,(H2,12,15)(H,13,16)/t8-/m0/s1. The number of nitrogens with one attached hydrogen (secondary N) is 1. The van der Waals surface area contributed by atoms with Gasteiger partial charge in [-0.3, -0.25) is 9.59 Å². The highest BCUT2D eigenvalue weighted by molar-refractivity contribution is 7.88. The number of primary amides is 1. The highest BCUT2D eigenvalue weighted by Crippen LogP contribution is 2.26. The second kappa shape index (κ2) is 5.51. The van der Waals surface area contributed by atoms with Gasteiger partial charge in [0, 0.05) is 6.54 Å². The van der Waals surface area contributed by atoms with Crippen LogP contribution in [0.4, 0.5) is 5.00 Å². The van der Waals surface area contributed by atoms with Gasteiger partial charge in [-0.15, -0.1) is 11.3 Å². The van der Waals surface area contributed by atoms with Crippen LogP contribution in [0.25, 0.3) is 0 Å². The molecule has 1 atom stereocenters. The zero-order valence-corrected chi connectivity index (χ0v) is 12.5. The van der Waals surface area contributed by atoms with Gasteiger partial charge in [0.15, 0.2) is 0 Å². The molecule has 0 aromatic carbocycles. The fourth-order valence-electron chi connectivity index (χ4n) is 2.19. The summed E-state index contributed by atoms with van der Waals surface area (Å²) in [6.45, 7) is 0.337. The number of amides is 2. The Morgan fingerprint density at radius 3 is 2.80 bits per heavy atom. The van der Waals surface area contributed by atoms with Crippen molar-refractivity contribution in [3.05, 3.63) is 17.0 Å². The number of thiophene rings is 1. The van der Waals surface area contributed by atoms with Crippen molar-refractivity contribution in [1.82, 2.24) is 4.31 Å². The number of carbonyl (C=O) groups excluding carboxylic acids is 2. The Hall–Kier alpha value is -1.45. The second-order valence-corrected chi connectivity index (χ2v) is 7.40. The fourth-order valence-corrected chi connectivity index (χ4v) is 4.11. The molecule has 1 aromatic heterocycles. The van der Waals surface area contributed by atoms with Crippen molar-refractivity contribution < 1.29 is 18.0 Å². The highest BCUT2D eigenvalue weighted by atomic mass is 32.2. The Labute approximate surface area is 120 Å². The minimum absolute atomic E-state index is 0.229. The molecule has 9 heteroatoms. The van der Waals surface area contributed by atoms with Gasteiger partial charge in [-0.2, -0.15) is 4.31 Å². The molecule has 0 spiro atoms. The summed E-state index contributed by atoms with van der Waals surface area (Å²) in [5.74, 6) is -1.06. The third-order valence-electron chi connectivity index (χ3n) is 3.10. The molecule has 0 unspecified atom stereocenters. The van der Waals surface area contributed by atoms with E-state index in [9.17, 15) is 18.0 Å². The predicted octanol–water partition coefficient (Wildman–Crippen LogP) is 0.209. The number of nitrogens with two attached hydrogens (primary N) is 1. The molecule has 1 saturated heterocycles. The van der Waals surface area contributed by atoms with Gasteiger partial charge in [0.05, 0.1) is 11.8 Å². The van der Waals surface area contributed by atoms with Crippen molar-refractivity contribution in [3.8, 4) is 0 Å². The molecule has 110 valence electrons. The average molecular weight is 317 g/mol. The molecule has 2 heterocycles. The van der Waals surface area contributed by atoms with Crippen LogP contribution >= 0.6 is 11.3 Å². The van der Waals surface area contributed by atoms with E-state index in [0.29, 0.717) is 24.4 Å². The first kappa shape index (κ1) is 14.9. The summed E-state index contributed by atoms with van der Waals surface area (Å²) in [5, 5.41) is 4.58. The minimum atomic E-state index is -3.42. The molecule has 20 heavy (non-hydrogen) atoms. The van der Waals surface area contributed by atoms with Gasteiger partial charge >= 0.3 is 0 Å². The summed E-state index contributed by atoms with van der Waals surface area (Å²) in [6.07, 6.45) is 2.19. The maximum absolute atomic E-state index is 12.2. The summed E-state index contributed by atoms with van der Waals surface area (Å²) in [4.78, 5) is 23.4. The van der Waals surface area contributed by atoms with E-state index in [4.69, 9.17) is 5.73 Å². The number of rotatable bonds is 4. The van der Waals surface area contributed by atoms with Crippen LogP contribution < -0.4 is 11.1 Å². The van der Waals surface area contributed by atoms with Crippen molar-refractivity contribution in [1.29, 1.82) is 0 Å². The smallest absolute Gasteiger partial charge is 0.251 e. The molecule has 1 aliphatic rings. The second-order valence-electron chi connectivity index (χ2n) is 4.55. The molecular formula is C11H15N3O4S2. The Kier molecular flexibility index (Phi) is 4.11. The first-order chi connectivity index (χ1) is 9.30. The Balaban J connectivity index is 2.16. The van der Waals surface area contributed by atoms with Crippen LogP contribution in [0.1, 0.15) is 23.2 Å². The van der Waals surface area contributed by atoms with E-state index in [-0.39, 0.29) is 5.56 Å². The average Bonchev–Trinajstić information content (AvgIpc) is 2.95. The van der Waals surface area contributed by atoms with E-state index >= 15 is 0 Å². The zero-order chi connectivity index (χ0) is 14.9. The lowest BCUT2D eigenvalue weighted by atomic mass is 10.2.